The fourth-order valence-electron chi connectivity index (χ4n) is 2.85. The lowest BCUT2D eigenvalue weighted by Crippen LogP contribution is -2.44. The van der Waals surface area contributed by atoms with Gasteiger partial charge >= 0.3 is 0 Å². The second kappa shape index (κ2) is 6.81. The smallest absolute Gasteiger partial charge is 0.268 e. The van der Waals surface area contributed by atoms with Crippen LogP contribution in [-0.4, -0.2) is 26.2 Å². The number of hydrogen-bond acceptors (Lipinski definition) is 5. The van der Waals surface area contributed by atoms with E-state index in [1.54, 1.807) is 44.2 Å². The Labute approximate surface area is 152 Å². The SMILES string of the molecule is CCS(=O)(=O)c1ccc2c(c1)N(Cc1ccccc1C#N)C(=O)C(C)O2. The van der Waals surface area contributed by atoms with E-state index in [9.17, 15) is 18.5 Å². The molecule has 3 rings (SSSR count). The van der Waals surface area contributed by atoms with E-state index >= 15 is 0 Å². The normalized spacial score (nSPS) is 16.6. The van der Waals surface area contributed by atoms with Crippen LogP contribution < -0.4 is 9.64 Å². The molecule has 0 spiro atoms. The van der Waals surface area contributed by atoms with Crippen LogP contribution in [0.15, 0.2) is 47.4 Å². The minimum atomic E-state index is -3.42. The molecule has 0 fully saturated rings. The number of benzene rings is 2. The predicted molar refractivity (Wildman–Crippen MR) is 96.6 cm³/mol. The number of hydrogen-bond donors (Lipinski definition) is 0. The van der Waals surface area contributed by atoms with Crippen molar-refractivity contribution >= 4 is 21.4 Å². The van der Waals surface area contributed by atoms with Gasteiger partial charge in [-0.2, -0.15) is 5.26 Å². The Bertz CT molecular complexity index is 1010. The van der Waals surface area contributed by atoms with Crippen LogP contribution in [0.2, 0.25) is 0 Å². The van der Waals surface area contributed by atoms with Crippen LogP contribution in [-0.2, 0) is 21.2 Å². The molecular weight excluding hydrogens is 352 g/mol. The molecule has 26 heavy (non-hydrogen) atoms. The number of anilines is 1. The van der Waals surface area contributed by atoms with E-state index in [0.717, 1.165) is 0 Å². The molecule has 2 aromatic rings. The first-order valence-corrected chi connectivity index (χ1v) is 9.85. The fourth-order valence-corrected chi connectivity index (χ4v) is 3.75. The number of ether oxygens (including phenoxy) is 1. The van der Waals surface area contributed by atoms with Gasteiger partial charge in [0.15, 0.2) is 15.9 Å². The molecule has 0 aromatic heterocycles. The van der Waals surface area contributed by atoms with Gasteiger partial charge in [-0.15, -0.1) is 0 Å². The van der Waals surface area contributed by atoms with Gasteiger partial charge in [-0.3, -0.25) is 4.79 Å². The molecule has 0 bridgehead atoms. The Balaban J connectivity index is 2.10. The van der Waals surface area contributed by atoms with Crippen LogP contribution in [0.25, 0.3) is 0 Å². The summed E-state index contributed by atoms with van der Waals surface area (Å²) in [5.41, 5.74) is 1.56. The molecule has 2 aromatic carbocycles. The second-order valence-corrected chi connectivity index (χ2v) is 8.26. The monoisotopic (exact) mass is 370 g/mol. The zero-order chi connectivity index (χ0) is 18.9. The van der Waals surface area contributed by atoms with Crippen LogP contribution >= 0.6 is 0 Å². The van der Waals surface area contributed by atoms with Gasteiger partial charge in [0.05, 0.1) is 34.5 Å². The van der Waals surface area contributed by atoms with Gasteiger partial charge in [-0.05, 0) is 36.8 Å². The van der Waals surface area contributed by atoms with Crippen molar-refractivity contribution in [2.45, 2.75) is 31.4 Å². The summed E-state index contributed by atoms with van der Waals surface area (Å²) in [4.78, 5) is 14.3. The summed E-state index contributed by atoms with van der Waals surface area (Å²) in [7, 11) is -3.42. The maximum absolute atomic E-state index is 12.7. The molecule has 0 aliphatic carbocycles. The summed E-state index contributed by atoms with van der Waals surface area (Å²) in [5, 5.41) is 9.29. The number of amides is 1. The number of sulfone groups is 1. The Morgan fingerprint density at radius 2 is 1.96 bits per heavy atom. The number of nitriles is 1. The van der Waals surface area contributed by atoms with Gasteiger partial charge < -0.3 is 9.64 Å². The molecule has 0 radical (unpaired) electrons. The summed E-state index contributed by atoms with van der Waals surface area (Å²) in [6.07, 6.45) is -0.689. The molecule has 0 saturated carbocycles. The number of carbonyl (C=O) groups excluding carboxylic acids is 1. The van der Waals surface area contributed by atoms with Gasteiger partial charge in [-0.25, -0.2) is 8.42 Å². The van der Waals surface area contributed by atoms with E-state index < -0.39 is 15.9 Å². The van der Waals surface area contributed by atoms with Crippen LogP contribution in [0, 0.1) is 11.3 Å². The third kappa shape index (κ3) is 3.16. The van der Waals surface area contributed by atoms with Crippen molar-refractivity contribution in [1.29, 1.82) is 5.26 Å². The standard InChI is InChI=1S/C19H18N2O4S/c1-3-26(23,24)16-8-9-18-17(10-16)21(19(22)13(2)25-18)12-15-7-5-4-6-14(15)11-20/h4-10,13H,3,12H2,1-2H3. The Morgan fingerprint density at radius 1 is 1.23 bits per heavy atom. The highest BCUT2D eigenvalue weighted by Gasteiger charge is 2.33. The van der Waals surface area contributed by atoms with Gasteiger partial charge in [0.1, 0.15) is 5.75 Å². The third-order valence-electron chi connectivity index (χ3n) is 4.34. The molecule has 0 saturated heterocycles. The molecule has 134 valence electrons. The number of carbonyl (C=O) groups is 1. The maximum atomic E-state index is 12.7. The first-order chi connectivity index (χ1) is 12.4. The zero-order valence-corrected chi connectivity index (χ0v) is 15.3. The minimum absolute atomic E-state index is 0.0335. The van der Waals surface area contributed by atoms with Gasteiger partial charge in [0.2, 0.25) is 0 Å². The zero-order valence-electron chi connectivity index (χ0n) is 14.5. The third-order valence-corrected chi connectivity index (χ3v) is 6.08. The average molecular weight is 370 g/mol. The molecule has 1 heterocycles. The molecular formula is C19H18N2O4S. The Morgan fingerprint density at radius 3 is 2.65 bits per heavy atom. The van der Waals surface area contributed by atoms with Crippen molar-refractivity contribution in [2.24, 2.45) is 0 Å². The van der Waals surface area contributed by atoms with Crippen molar-refractivity contribution in [3.05, 3.63) is 53.6 Å². The first kappa shape index (κ1) is 18.0. The van der Waals surface area contributed by atoms with Crippen molar-refractivity contribution in [1.82, 2.24) is 0 Å². The van der Waals surface area contributed by atoms with Crippen LogP contribution in [0.3, 0.4) is 0 Å². The van der Waals surface area contributed by atoms with Crippen molar-refractivity contribution in [3.63, 3.8) is 0 Å². The lowest BCUT2D eigenvalue weighted by atomic mass is 10.1. The van der Waals surface area contributed by atoms with E-state index in [1.807, 2.05) is 0 Å². The molecule has 1 aliphatic rings. The number of rotatable bonds is 4. The van der Waals surface area contributed by atoms with Crippen LogP contribution in [0.1, 0.15) is 25.0 Å². The van der Waals surface area contributed by atoms with Gasteiger partial charge in [-0.1, -0.05) is 25.1 Å². The fraction of sp³-hybridized carbons (Fsp3) is 0.263. The predicted octanol–water partition coefficient (Wildman–Crippen LogP) is 2.67. The van der Waals surface area contributed by atoms with E-state index in [2.05, 4.69) is 6.07 Å². The number of fused-ring (bicyclic) bond motifs is 1. The van der Waals surface area contributed by atoms with E-state index in [-0.39, 0.29) is 23.1 Å². The van der Waals surface area contributed by atoms with Crippen molar-refractivity contribution in [3.8, 4) is 11.8 Å². The van der Waals surface area contributed by atoms with E-state index in [1.165, 1.54) is 17.0 Å². The Hall–Kier alpha value is -2.85. The summed E-state index contributed by atoms with van der Waals surface area (Å²) in [6.45, 7) is 3.38. The largest absolute Gasteiger partial charge is 0.479 e. The minimum Gasteiger partial charge on any atom is -0.479 e. The van der Waals surface area contributed by atoms with Crippen LogP contribution in [0.4, 0.5) is 5.69 Å². The topological polar surface area (TPSA) is 87.5 Å². The quantitative estimate of drug-likeness (QED) is 0.826. The summed E-state index contributed by atoms with van der Waals surface area (Å²) in [6, 6.07) is 13.7. The molecule has 1 atom stereocenters. The summed E-state index contributed by atoms with van der Waals surface area (Å²) < 4.78 is 30.0. The number of nitrogens with zero attached hydrogens (tertiary/aromatic N) is 2. The summed E-state index contributed by atoms with van der Waals surface area (Å²) >= 11 is 0. The van der Waals surface area contributed by atoms with Gasteiger partial charge in [0, 0.05) is 0 Å². The molecule has 7 heteroatoms. The highest BCUT2D eigenvalue weighted by atomic mass is 32.2. The molecule has 0 N–H and O–H groups in total. The Kier molecular flexibility index (Phi) is 4.70. The first-order valence-electron chi connectivity index (χ1n) is 8.20. The second-order valence-electron chi connectivity index (χ2n) is 5.99. The highest BCUT2D eigenvalue weighted by Crippen LogP contribution is 2.37. The van der Waals surface area contributed by atoms with Crippen molar-refractivity contribution < 1.29 is 17.9 Å². The highest BCUT2D eigenvalue weighted by molar-refractivity contribution is 7.91. The van der Waals surface area contributed by atoms with Crippen molar-refractivity contribution in [2.75, 3.05) is 10.7 Å². The molecule has 1 aliphatic heterocycles. The lowest BCUT2D eigenvalue weighted by molar-refractivity contribution is -0.125. The maximum Gasteiger partial charge on any atom is 0.268 e. The molecule has 1 unspecified atom stereocenters. The summed E-state index contributed by atoms with van der Waals surface area (Å²) in [5.74, 6) is 0.131. The average Bonchev–Trinajstić information content (AvgIpc) is 2.65. The van der Waals surface area contributed by atoms with E-state index in [4.69, 9.17) is 4.74 Å². The lowest BCUT2D eigenvalue weighted by Gasteiger charge is -2.33. The molecule has 1 amide bonds. The molecule has 6 nitrogen and oxygen atoms in total. The van der Waals surface area contributed by atoms with Crippen LogP contribution in [0.5, 0.6) is 5.75 Å². The van der Waals surface area contributed by atoms with E-state index in [0.29, 0.717) is 22.6 Å². The van der Waals surface area contributed by atoms with Gasteiger partial charge in [0.25, 0.3) is 5.91 Å².